The molecule has 0 spiro atoms. The van der Waals surface area contributed by atoms with Crippen molar-refractivity contribution in [2.24, 2.45) is 0 Å². The highest BCUT2D eigenvalue weighted by Crippen LogP contribution is 2.29. The number of halogens is 1. The number of fused-ring (bicyclic) bond motifs is 1. The number of aromatic nitrogens is 1. The van der Waals surface area contributed by atoms with Gasteiger partial charge in [0.25, 0.3) is 5.91 Å². The number of hydrogen-bond donors (Lipinski definition) is 1. The lowest BCUT2D eigenvalue weighted by Crippen LogP contribution is -2.12. The molecule has 0 saturated heterocycles. The van der Waals surface area contributed by atoms with Crippen LogP contribution in [0.25, 0.3) is 11.0 Å². The van der Waals surface area contributed by atoms with Gasteiger partial charge in [-0.25, -0.2) is 4.98 Å². The zero-order chi connectivity index (χ0) is 17.9. The quantitative estimate of drug-likeness (QED) is 0.456. The molecule has 0 unspecified atom stereocenters. The molecule has 4 rings (SSSR count). The zero-order valence-corrected chi connectivity index (χ0v) is 15.8. The maximum absolute atomic E-state index is 12.6. The number of amides is 1. The van der Waals surface area contributed by atoms with E-state index in [0.29, 0.717) is 23.6 Å². The molecule has 1 N–H and O–H groups in total. The lowest BCUT2D eigenvalue weighted by Gasteiger charge is -2.11. The summed E-state index contributed by atoms with van der Waals surface area (Å²) in [4.78, 5) is 16.8. The summed E-state index contributed by atoms with van der Waals surface area (Å²) in [5.74, 6) is 0.477. The molecular formula is C19H13BrN2O3S. The number of carbonyl (C=O) groups is 1. The number of thiazole rings is 1. The second kappa shape index (κ2) is 7.31. The standard InChI is InChI=1S/C19H13BrN2O3S/c20-14-5-3-4-12-8-17(25-18(12)14)19(23)22-15-6-1-2-7-16(15)24-9-13-10-26-11-21-13/h1-8,10-11H,9H2,(H,22,23). The number of nitrogens with zero attached hydrogens (tertiary/aromatic N) is 1. The monoisotopic (exact) mass is 428 g/mol. The summed E-state index contributed by atoms with van der Waals surface area (Å²) in [5.41, 5.74) is 3.82. The van der Waals surface area contributed by atoms with Crippen LogP contribution in [0.4, 0.5) is 5.69 Å². The van der Waals surface area contributed by atoms with Crippen molar-refractivity contribution in [1.82, 2.24) is 4.98 Å². The van der Waals surface area contributed by atoms with E-state index in [1.807, 2.05) is 35.7 Å². The van der Waals surface area contributed by atoms with Gasteiger partial charge < -0.3 is 14.5 Å². The number of carbonyl (C=O) groups excluding carboxylic acids is 1. The highest BCUT2D eigenvalue weighted by molar-refractivity contribution is 9.10. The van der Waals surface area contributed by atoms with Crippen molar-refractivity contribution in [3.05, 3.63) is 75.3 Å². The third kappa shape index (κ3) is 3.49. The average molecular weight is 429 g/mol. The van der Waals surface area contributed by atoms with Crippen LogP contribution in [0, 0.1) is 0 Å². The molecule has 0 saturated carbocycles. The lowest BCUT2D eigenvalue weighted by atomic mass is 10.2. The minimum absolute atomic E-state index is 0.237. The fourth-order valence-corrected chi connectivity index (χ4v) is 3.49. The van der Waals surface area contributed by atoms with Crippen LogP contribution in [0.1, 0.15) is 16.2 Å². The molecule has 4 aromatic rings. The molecular weight excluding hydrogens is 416 g/mol. The summed E-state index contributed by atoms with van der Waals surface area (Å²) in [7, 11) is 0. The smallest absolute Gasteiger partial charge is 0.291 e. The van der Waals surface area contributed by atoms with Gasteiger partial charge in [-0.05, 0) is 40.2 Å². The second-order valence-corrected chi connectivity index (χ2v) is 7.06. The number of ether oxygens (including phenoxy) is 1. The van der Waals surface area contributed by atoms with Crippen molar-refractivity contribution in [3.63, 3.8) is 0 Å². The van der Waals surface area contributed by atoms with Crippen LogP contribution in [0.2, 0.25) is 0 Å². The van der Waals surface area contributed by atoms with E-state index in [0.717, 1.165) is 15.6 Å². The van der Waals surface area contributed by atoms with Crippen LogP contribution in [0.15, 0.2) is 68.3 Å². The predicted molar refractivity (Wildman–Crippen MR) is 105 cm³/mol. The van der Waals surface area contributed by atoms with Crippen LogP contribution in [0.3, 0.4) is 0 Å². The number of nitrogens with one attached hydrogen (secondary N) is 1. The minimum atomic E-state index is -0.335. The maximum atomic E-state index is 12.6. The Hall–Kier alpha value is -2.64. The summed E-state index contributed by atoms with van der Waals surface area (Å²) >= 11 is 4.94. The number of para-hydroxylation sites is 3. The maximum Gasteiger partial charge on any atom is 0.291 e. The molecule has 0 aliphatic rings. The Labute approximate surface area is 161 Å². The highest BCUT2D eigenvalue weighted by atomic mass is 79.9. The van der Waals surface area contributed by atoms with Crippen LogP contribution < -0.4 is 10.1 Å². The molecule has 0 aliphatic heterocycles. The summed E-state index contributed by atoms with van der Waals surface area (Å²) in [6, 6.07) is 14.6. The molecule has 26 heavy (non-hydrogen) atoms. The third-order valence-electron chi connectivity index (χ3n) is 3.71. The van der Waals surface area contributed by atoms with E-state index in [1.165, 1.54) is 11.3 Å². The molecule has 2 aromatic carbocycles. The average Bonchev–Trinajstić information content (AvgIpc) is 3.31. The van der Waals surface area contributed by atoms with Gasteiger partial charge in [0, 0.05) is 10.8 Å². The normalized spacial score (nSPS) is 10.8. The Morgan fingerprint density at radius 3 is 2.92 bits per heavy atom. The number of anilines is 1. The van der Waals surface area contributed by atoms with Crippen LogP contribution >= 0.6 is 27.3 Å². The largest absolute Gasteiger partial charge is 0.485 e. The number of rotatable bonds is 5. The fraction of sp³-hybridized carbons (Fsp3) is 0.0526. The number of furan rings is 1. The van der Waals surface area contributed by atoms with Crippen molar-refractivity contribution in [2.45, 2.75) is 6.61 Å². The van der Waals surface area contributed by atoms with Crippen LogP contribution in [-0.4, -0.2) is 10.9 Å². The molecule has 0 bridgehead atoms. The van der Waals surface area contributed by atoms with Gasteiger partial charge >= 0.3 is 0 Å². The van der Waals surface area contributed by atoms with E-state index in [4.69, 9.17) is 9.15 Å². The topological polar surface area (TPSA) is 64.4 Å². The first-order valence-corrected chi connectivity index (χ1v) is 9.52. The van der Waals surface area contributed by atoms with E-state index in [9.17, 15) is 4.79 Å². The van der Waals surface area contributed by atoms with Gasteiger partial charge in [0.05, 0.1) is 21.4 Å². The fourth-order valence-electron chi connectivity index (χ4n) is 2.48. The first-order valence-electron chi connectivity index (χ1n) is 7.79. The van der Waals surface area contributed by atoms with E-state index < -0.39 is 0 Å². The van der Waals surface area contributed by atoms with Gasteiger partial charge in [-0.15, -0.1) is 11.3 Å². The molecule has 0 aliphatic carbocycles. The predicted octanol–water partition coefficient (Wildman–Crippen LogP) is 5.48. The second-order valence-electron chi connectivity index (χ2n) is 5.49. The molecule has 130 valence electrons. The summed E-state index contributed by atoms with van der Waals surface area (Å²) < 4.78 is 12.3. The molecule has 2 heterocycles. The van der Waals surface area contributed by atoms with Gasteiger partial charge in [0.2, 0.25) is 0 Å². The first kappa shape index (κ1) is 16.8. The highest BCUT2D eigenvalue weighted by Gasteiger charge is 2.15. The molecule has 0 fully saturated rings. The van der Waals surface area contributed by atoms with E-state index in [2.05, 4.69) is 26.2 Å². The Morgan fingerprint density at radius 2 is 2.12 bits per heavy atom. The first-order chi connectivity index (χ1) is 12.7. The molecule has 1 amide bonds. The Balaban J connectivity index is 1.54. The van der Waals surface area contributed by atoms with Crippen LogP contribution in [-0.2, 0) is 6.61 Å². The van der Waals surface area contributed by atoms with Gasteiger partial charge in [-0.3, -0.25) is 4.79 Å². The van der Waals surface area contributed by atoms with Gasteiger partial charge in [0.15, 0.2) is 5.76 Å². The Bertz CT molecular complexity index is 1060. The van der Waals surface area contributed by atoms with Crippen molar-refractivity contribution in [2.75, 3.05) is 5.32 Å². The Kier molecular flexibility index (Phi) is 4.73. The van der Waals surface area contributed by atoms with Gasteiger partial charge in [-0.1, -0.05) is 24.3 Å². The van der Waals surface area contributed by atoms with Crippen molar-refractivity contribution < 1.29 is 13.9 Å². The van der Waals surface area contributed by atoms with Gasteiger partial charge in [0.1, 0.15) is 17.9 Å². The molecule has 2 aromatic heterocycles. The van der Waals surface area contributed by atoms with E-state index >= 15 is 0 Å². The van der Waals surface area contributed by atoms with Crippen molar-refractivity contribution in [3.8, 4) is 5.75 Å². The summed E-state index contributed by atoms with van der Waals surface area (Å²) in [6.45, 7) is 0.341. The zero-order valence-electron chi connectivity index (χ0n) is 13.4. The Morgan fingerprint density at radius 1 is 1.23 bits per heavy atom. The summed E-state index contributed by atoms with van der Waals surface area (Å²) in [5, 5.41) is 5.63. The molecule has 7 heteroatoms. The molecule has 0 radical (unpaired) electrons. The molecule has 5 nitrogen and oxygen atoms in total. The number of benzene rings is 2. The minimum Gasteiger partial charge on any atom is -0.485 e. The molecule has 0 atom stereocenters. The SMILES string of the molecule is O=C(Nc1ccccc1OCc1cscn1)c1cc2cccc(Br)c2o1. The van der Waals surface area contributed by atoms with E-state index in [-0.39, 0.29) is 11.7 Å². The third-order valence-corrected chi connectivity index (χ3v) is 4.97. The lowest BCUT2D eigenvalue weighted by molar-refractivity contribution is 0.0998. The van der Waals surface area contributed by atoms with Crippen LogP contribution in [0.5, 0.6) is 5.75 Å². The number of hydrogen-bond acceptors (Lipinski definition) is 5. The van der Waals surface area contributed by atoms with E-state index in [1.54, 1.807) is 23.7 Å². The summed E-state index contributed by atoms with van der Waals surface area (Å²) in [6.07, 6.45) is 0. The van der Waals surface area contributed by atoms with Gasteiger partial charge in [-0.2, -0.15) is 0 Å². The van der Waals surface area contributed by atoms with Crippen molar-refractivity contribution in [1.29, 1.82) is 0 Å². The van der Waals surface area contributed by atoms with Crippen molar-refractivity contribution >= 4 is 49.8 Å².